The zero-order chi connectivity index (χ0) is 12.6. The standard InChI is InChI=1S/C12H21NO3Si/c1-4-16-17(14-2,15-3)11-10-13-12-8-6-5-7-9-12/h5-9,13H,4,10-11H2,1-3H3. The molecule has 0 spiro atoms. The highest BCUT2D eigenvalue weighted by Gasteiger charge is 2.37. The summed E-state index contributed by atoms with van der Waals surface area (Å²) in [5, 5.41) is 3.32. The molecule has 0 heterocycles. The van der Waals surface area contributed by atoms with Gasteiger partial charge in [0.1, 0.15) is 0 Å². The number of nitrogens with one attached hydrogen (secondary N) is 1. The molecule has 0 saturated heterocycles. The monoisotopic (exact) mass is 255 g/mol. The van der Waals surface area contributed by atoms with E-state index in [-0.39, 0.29) is 0 Å². The van der Waals surface area contributed by atoms with Gasteiger partial charge in [-0.3, -0.25) is 0 Å². The van der Waals surface area contributed by atoms with E-state index in [4.69, 9.17) is 13.3 Å². The Morgan fingerprint density at radius 1 is 1.12 bits per heavy atom. The van der Waals surface area contributed by atoms with Crippen molar-refractivity contribution in [3.63, 3.8) is 0 Å². The molecule has 1 aromatic rings. The summed E-state index contributed by atoms with van der Waals surface area (Å²) >= 11 is 0. The van der Waals surface area contributed by atoms with Gasteiger partial charge in [-0.2, -0.15) is 0 Å². The summed E-state index contributed by atoms with van der Waals surface area (Å²) in [7, 11) is 0.834. The van der Waals surface area contributed by atoms with Gasteiger partial charge < -0.3 is 18.6 Å². The van der Waals surface area contributed by atoms with Gasteiger partial charge in [0.25, 0.3) is 0 Å². The highest BCUT2D eigenvalue weighted by molar-refractivity contribution is 6.60. The first-order chi connectivity index (χ1) is 8.26. The Kier molecular flexibility index (Phi) is 6.21. The lowest BCUT2D eigenvalue weighted by atomic mass is 10.3. The molecule has 5 heteroatoms. The molecule has 96 valence electrons. The molecule has 0 unspecified atom stereocenters. The Morgan fingerprint density at radius 2 is 1.76 bits per heavy atom. The lowest BCUT2D eigenvalue weighted by Crippen LogP contribution is -2.45. The number of benzene rings is 1. The summed E-state index contributed by atoms with van der Waals surface area (Å²) in [5.41, 5.74) is 1.10. The van der Waals surface area contributed by atoms with E-state index in [9.17, 15) is 0 Å². The van der Waals surface area contributed by atoms with Gasteiger partial charge in [-0.15, -0.1) is 0 Å². The summed E-state index contributed by atoms with van der Waals surface area (Å²) in [6, 6.07) is 10.8. The van der Waals surface area contributed by atoms with Crippen molar-refractivity contribution in [1.82, 2.24) is 0 Å². The first kappa shape index (κ1) is 14.2. The minimum absolute atomic E-state index is 0.610. The first-order valence-electron chi connectivity index (χ1n) is 5.79. The average molecular weight is 255 g/mol. The zero-order valence-corrected chi connectivity index (χ0v) is 11.7. The molecular weight excluding hydrogens is 234 g/mol. The molecule has 0 aliphatic heterocycles. The smallest absolute Gasteiger partial charge is 0.385 e. The Balaban J connectivity index is 2.42. The molecule has 1 rings (SSSR count). The van der Waals surface area contributed by atoms with Crippen molar-refractivity contribution in [2.24, 2.45) is 0 Å². The largest absolute Gasteiger partial charge is 0.502 e. The van der Waals surface area contributed by atoms with E-state index in [2.05, 4.69) is 5.32 Å². The fourth-order valence-electron chi connectivity index (χ4n) is 1.61. The molecule has 1 aromatic carbocycles. The molecule has 0 saturated carbocycles. The van der Waals surface area contributed by atoms with Crippen molar-refractivity contribution in [1.29, 1.82) is 0 Å². The van der Waals surface area contributed by atoms with Gasteiger partial charge >= 0.3 is 8.80 Å². The zero-order valence-electron chi connectivity index (χ0n) is 10.7. The van der Waals surface area contributed by atoms with Crippen LogP contribution < -0.4 is 5.32 Å². The highest BCUT2D eigenvalue weighted by atomic mass is 28.4. The Labute approximate surface area is 104 Å². The van der Waals surface area contributed by atoms with Gasteiger partial charge in [-0.25, -0.2) is 0 Å². The van der Waals surface area contributed by atoms with Crippen molar-refractivity contribution in [2.45, 2.75) is 13.0 Å². The predicted molar refractivity (Wildman–Crippen MR) is 71.1 cm³/mol. The fourth-order valence-corrected chi connectivity index (χ4v) is 3.44. The topological polar surface area (TPSA) is 39.7 Å². The van der Waals surface area contributed by atoms with Crippen LogP contribution in [-0.2, 0) is 13.3 Å². The van der Waals surface area contributed by atoms with Gasteiger partial charge in [0.15, 0.2) is 0 Å². The van der Waals surface area contributed by atoms with E-state index in [0.717, 1.165) is 18.3 Å². The number of rotatable bonds is 8. The number of anilines is 1. The van der Waals surface area contributed by atoms with E-state index in [1.54, 1.807) is 14.2 Å². The second-order valence-electron chi connectivity index (χ2n) is 3.57. The molecule has 0 aliphatic carbocycles. The van der Waals surface area contributed by atoms with Gasteiger partial charge in [0.05, 0.1) is 0 Å². The normalized spacial score (nSPS) is 11.5. The molecular formula is C12H21NO3Si. The van der Waals surface area contributed by atoms with Crippen LogP contribution in [0.15, 0.2) is 30.3 Å². The fraction of sp³-hybridized carbons (Fsp3) is 0.500. The van der Waals surface area contributed by atoms with E-state index in [1.807, 2.05) is 37.3 Å². The third kappa shape index (κ3) is 4.47. The SMILES string of the molecule is CCO[Si](CCNc1ccccc1)(OC)OC. The molecule has 0 bridgehead atoms. The second-order valence-corrected chi connectivity index (χ2v) is 6.54. The molecule has 0 amide bonds. The minimum Gasteiger partial charge on any atom is -0.385 e. The molecule has 0 aromatic heterocycles. The van der Waals surface area contributed by atoms with Crippen LogP contribution in [-0.4, -0.2) is 36.2 Å². The van der Waals surface area contributed by atoms with Crippen LogP contribution in [0.2, 0.25) is 6.04 Å². The van der Waals surface area contributed by atoms with Crippen LogP contribution in [0.5, 0.6) is 0 Å². The van der Waals surface area contributed by atoms with E-state index < -0.39 is 8.80 Å². The van der Waals surface area contributed by atoms with Gasteiger partial charge in [-0.05, 0) is 19.1 Å². The maximum Gasteiger partial charge on any atom is 0.502 e. The van der Waals surface area contributed by atoms with Crippen molar-refractivity contribution < 1.29 is 13.3 Å². The maximum absolute atomic E-state index is 5.62. The van der Waals surface area contributed by atoms with E-state index in [1.165, 1.54) is 0 Å². The summed E-state index contributed by atoms with van der Waals surface area (Å²) in [6.07, 6.45) is 0. The molecule has 0 aliphatic rings. The predicted octanol–water partition coefficient (Wildman–Crippen LogP) is 2.37. The van der Waals surface area contributed by atoms with Crippen LogP contribution in [0.25, 0.3) is 0 Å². The summed E-state index contributed by atoms with van der Waals surface area (Å²) in [6.45, 7) is 3.33. The number of para-hydroxylation sites is 1. The molecule has 0 radical (unpaired) electrons. The van der Waals surface area contributed by atoms with Gasteiger partial charge in [0.2, 0.25) is 0 Å². The van der Waals surface area contributed by atoms with Gasteiger partial charge in [0, 0.05) is 39.1 Å². The summed E-state index contributed by atoms with van der Waals surface area (Å²) < 4.78 is 16.5. The maximum atomic E-state index is 5.62. The summed E-state index contributed by atoms with van der Waals surface area (Å²) in [5.74, 6) is 0. The molecule has 0 fully saturated rings. The van der Waals surface area contributed by atoms with Crippen molar-refractivity contribution >= 4 is 14.5 Å². The molecule has 17 heavy (non-hydrogen) atoms. The van der Waals surface area contributed by atoms with Crippen LogP contribution in [0, 0.1) is 0 Å². The minimum atomic E-state index is -2.46. The van der Waals surface area contributed by atoms with E-state index >= 15 is 0 Å². The molecule has 0 atom stereocenters. The van der Waals surface area contributed by atoms with Crippen LogP contribution in [0.3, 0.4) is 0 Å². The Morgan fingerprint density at radius 3 is 2.29 bits per heavy atom. The Hall–Kier alpha value is -0.883. The third-order valence-electron chi connectivity index (χ3n) is 2.52. The molecule has 1 N–H and O–H groups in total. The first-order valence-corrected chi connectivity index (χ1v) is 7.72. The van der Waals surface area contributed by atoms with Gasteiger partial charge in [-0.1, -0.05) is 18.2 Å². The van der Waals surface area contributed by atoms with Crippen LogP contribution in [0.4, 0.5) is 5.69 Å². The lowest BCUT2D eigenvalue weighted by Gasteiger charge is -2.25. The average Bonchev–Trinajstić information content (AvgIpc) is 2.39. The quantitative estimate of drug-likeness (QED) is 0.724. The number of hydrogen-bond donors (Lipinski definition) is 1. The lowest BCUT2D eigenvalue weighted by molar-refractivity contribution is 0.105. The van der Waals surface area contributed by atoms with Crippen LogP contribution >= 0.6 is 0 Å². The van der Waals surface area contributed by atoms with Crippen molar-refractivity contribution in [2.75, 3.05) is 32.7 Å². The van der Waals surface area contributed by atoms with Crippen molar-refractivity contribution in [3.8, 4) is 0 Å². The van der Waals surface area contributed by atoms with Crippen LogP contribution in [0.1, 0.15) is 6.92 Å². The van der Waals surface area contributed by atoms with Crippen molar-refractivity contribution in [3.05, 3.63) is 30.3 Å². The second kappa shape index (κ2) is 7.44. The summed E-state index contributed by atoms with van der Waals surface area (Å²) in [4.78, 5) is 0. The number of hydrogen-bond acceptors (Lipinski definition) is 4. The molecule has 4 nitrogen and oxygen atoms in total. The van der Waals surface area contributed by atoms with E-state index in [0.29, 0.717) is 6.61 Å². The third-order valence-corrected chi connectivity index (χ3v) is 5.36. The Bertz CT molecular complexity index is 304. The highest BCUT2D eigenvalue weighted by Crippen LogP contribution is 2.14.